The number of anilines is 5. The average Bonchev–Trinajstić information content (AvgIpc) is 3.17. The number of hydrogen-bond acceptors (Lipinski definition) is 9. The molecule has 0 aliphatic carbocycles. The van der Waals surface area contributed by atoms with Gasteiger partial charge < -0.3 is 20.9 Å². The summed E-state index contributed by atoms with van der Waals surface area (Å²) in [7, 11) is 1.94. The molecule has 178 valence electrons. The van der Waals surface area contributed by atoms with Gasteiger partial charge in [-0.1, -0.05) is 6.07 Å². The first-order valence-corrected chi connectivity index (χ1v) is 10.9. The molecule has 1 aromatic carbocycles. The summed E-state index contributed by atoms with van der Waals surface area (Å²) in [6, 6.07) is 9.09. The van der Waals surface area contributed by atoms with Crippen molar-refractivity contribution in [2.75, 3.05) is 29.6 Å². The van der Waals surface area contributed by atoms with Crippen molar-refractivity contribution in [2.45, 2.75) is 27.3 Å². The highest BCUT2D eigenvalue weighted by molar-refractivity contribution is 6.01. The lowest BCUT2D eigenvalue weighted by Crippen LogP contribution is -2.27. The van der Waals surface area contributed by atoms with E-state index in [1.54, 1.807) is 23.7 Å². The van der Waals surface area contributed by atoms with Gasteiger partial charge in [-0.05, 0) is 32.9 Å². The van der Waals surface area contributed by atoms with Gasteiger partial charge in [0.1, 0.15) is 23.3 Å². The fourth-order valence-corrected chi connectivity index (χ4v) is 4.18. The van der Waals surface area contributed by atoms with E-state index in [4.69, 9.17) is 4.11 Å². The number of fused-ring (bicyclic) bond motifs is 3. The molecular formula is C24H26N10O. The largest absolute Gasteiger partial charge is 0.364 e. The van der Waals surface area contributed by atoms with Gasteiger partial charge in [-0.25, -0.2) is 24.6 Å². The standard InChI is InChI=1S/C24H26N10O/c1-13-9-21(28-14(2)27-13)31-20-10-18(16(11-26-20)24(35)25-4)30-17-7-6-8-19-23(17)33(5)12-22-29-15(3)32-34(19)22/h6-11H,12H2,1-5H3,(H,25,35)(H2,26,27,28,30,31)/i4D3. The fraction of sp³-hybridized carbons (Fsp3) is 0.250. The first-order valence-electron chi connectivity index (χ1n) is 12.4. The number of aromatic nitrogens is 6. The zero-order chi connectivity index (χ0) is 27.2. The van der Waals surface area contributed by atoms with Gasteiger partial charge in [0.25, 0.3) is 5.91 Å². The van der Waals surface area contributed by atoms with Crippen molar-refractivity contribution >= 4 is 34.6 Å². The summed E-state index contributed by atoms with van der Waals surface area (Å²) in [5, 5.41) is 13.0. The molecule has 0 radical (unpaired) electrons. The number of benzene rings is 1. The van der Waals surface area contributed by atoms with Gasteiger partial charge >= 0.3 is 0 Å². The third kappa shape index (κ3) is 4.23. The maximum absolute atomic E-state index is 12.9. The maximum Gasteiger partial charge on any atom is 0.254 e. The first kappa shape index (κ1) is 18.8. The summed E-state index contributed by atoms with van der Waals surface area (Å²) in [4.78, 5) is 32.5. The number of nitrogens with zero attached hydrogens (tertiary/aromatic N) is 7. The summed E-state index contributed by atoms with van der Waals surface area (Å²) < 4.78 is 24.2. The predicted octanol–water partition coefficient (Wildman–Crippen LogP) is 3.17. The van der Waals surface area contributed by atoms with Gasteiger partial charge in [-0.3, -0.25) is 4.79 Å². The van der Waals surface area contributed by atoms with Crippen LogP contribution in [0.1, 0.15) is 37.6 Å². The van der Waals surface area contributed by atoms with Gasteiger partial charge in [-0.15, -0.1) is 0 Å². The van der Waals surface area contributed by atoms with Crippen molar-refractivity contribution in [1.82, 2.24) is 35.0 Å². The van der Waals surface area contributed by atoms with E-state index in [2.05, 4.69) is 35.7 Å². The molecule has 0 bridgehead atoms. The molecule has 0 spiro atoms. The van der Waals surface area contributed by atoms with Crippen LogP contribution in [0.4, 0.5) is 28.7 Å². The normalized spacial score (nSPS) is 13.7. The van der Waals surface area contributed by atoms with E-state index < -0.39 is 12.9 Å². The van der Waals surface area contributed by atoms with Gasteiger partial charge in [0.05, 0.1) is 34.9 Å². The van der Waals surface area contributed by atoms with Crippen LogP contribution < -0.4 is 20.9 Å². The van der Waals surface area contributed by atoms with Crippen LogP contribution in [0.2, 0.25) is 0 Å². The number of pyridine rings is 1. The zero-order valence-electron chi connectivity index (χ0n) is 22.7. The molecule has 4 heterocycles. The quantitative estimate of drug-likeness (QED) is 0.401. The number of para-hydroxylation sites is 1. The van der Waals surface area contributed by atoms with Crippen molar-refractivity contribution in [3.8, 4) is 5.69 Å². The number of carbonyl (C=O) groups is 1. The van der Waals surface area contributed by atoms with Gasteiger partial charge in [-0.2, -0.15) is 5.10 Å². The summed E-state index contributed by atoms with van der Waals surface area (Å²) in [5.41, 5.74) is 3.57. The first-order chi connectivity index (χ1) is 18.0. The Morgan fingerprint density at radius 2 is 1.89 bits per heavy atom. The summed E-state index contributed by atoms with van der Waals surface area (Å²) in [6.45, 7) is 3.37. The van der Waals surface area contributed by atoms with Crippen molar-refractivity contribution in [1.29, 1.82) is 0 Å². The molecule has 11 heteroatoms. The molecule has 1 amide bonds. The van der Waals surface area contributed by atoms with E-state index >= 15 is 0 Å². The Morgan fingerprint density at radius 1 is 1.03 bits per heavy atom. The molecule has 0 atom stereocenters. The van der Waals surface area contributed by atoms with Crippen LogP contribution in [0.25, 0.3) is 5.69 Å². The number of carbonyl (C=O) groups excluding carboxylic acids is 1. The van der Waals surface area contributed by atoms with Crippen LogP contribution in [-0.4, -0.2) is 49.6 Å². The van der Waals surface area contributed by atoms with Gasteiger partial charge in [0, 0.05) is 42.2 Å². The number of hydrogen-bond donors (Lipinski definition) is 3. The number of amides is 1. The topological polar surface area (TPSA) is 126 Å². The third-order valence-electron chi connectivity index (χ3n) is 5.54. The summed E-state index contributed by atoms with van der Waals surface area (Å²) in [6.07, 6.45) is 1.32. The average molecular weight is 474 g/mol. The minimum absolute atomic E-state index is 0.0649. The molecule has 0 saturated carbocycles. The number of aryl methyl sites for hydroxylation is 3. The minimum Gasteiger partial charge on any atom is -0.364 e. The smallest absolute Gasteiger partial charge is 0.254 e. The van der Waals surface area contributed by atoms with E-state index in [0.29, 0.717) is 41.2 Å². The van der Waals surface area contributed by atoms with Crippen molar-refractivity contribution in [3.05, 3.63) is 65.3 Å². The highest BCUT2D eigenvalue weighted by atomic mass is 16.1. The molecule has 0 unspecified atom stereocenters. The number of rotatable bonds is 5. The van der Waals surface area contributed by atoms with Gasteiger partial charge in [0.15, 0.2) is 5.82 Å². The molecule has 0 saturated heterocycles. The molecule has 1 aliphatic heterocycles. The maximum atomic E-state index is 12.9. The van der Waals surface area contributed by atoms with Crippen LogP contribution in [0.5, 0.6) is 0 Å². The molecule has 35 heavy (non-hydrogen) atoms. The second-order valence-electron chi connectivity index (χ2n) is 8.28. The Bertz CT molecular complexity index is 1530. The second-order valence-corrected chi connectivity index (χ2v) is 8.28. The Morgan fingerprint density at radius 3 is 2.69 bits per heavy atom. The lowest BCUT2D eigenvalue weighted by Gasteiger charge is -2.30. The zero-order valence-corrected chi connectivity index (χ0v) is 19.7. The molecule has 4 aromatic rings. The Balaban J connectivity index is 1.57. The van der Waals surface area contributed by atoms with Crippen LogP contribution in [0, 0.1) is 20.8 Å². The molecule has 5 rings (SSSR count). The van der Waals surface area contributed by atoms with E-state index in [0.717, 1.165) is 22.9 Å². The van der Waals surface area contributed by atoms with Crippen LogP contribution in [0.15, 0.2) is 36.5 Å². The Kier molecular flexibility index (Phi) is 4.67. The highest BCUT2D eigenvalue weighted by Gasteiger charge is 2.25. The van der Waals surface area contributed by atoms with Crippen LogP contribution in [-0.2, 0) is 6.54 Å². The fourth-order valence-electron chi connectivity index (χ4n) is 4.18. The minimum atomic E-state index is -2.66. The third-order valence-corrected chi connectivity index (χ3v) is 5.54. The summed E-state index contributed by atoms with van der Waals surface area (Å²) in [5.74, 6) is 2.25. The Hall–Kier alpha value is -4.54. The molecule has 11 nitrogen and oxygen atoms in total. The molecule has 1 aliphatic rings. The van der Waals surface area contributed by atoms with Crippen molar-refractivity contribution < 1.29 is 8.91 Å². The Labute approximate surface area is 206 Å². The highest BCUT2D eigenvalue weighted by Crippen LogP contribution is 2.38. The van der Waals surface area contributed by atoms with Gasteiger partial charge in [0.2, 0.25) is 0 Å². The lowest BCUT2D eigenvalue weighted by molar-refractivity contribution is 0.0963. The van der Waals surface area contributed by atoms with Crippen molar-refractivity contribution in [2.24, 2.45) is 0 Å². The van der Waals surface area contributed by atoms with E-state index in [1.165, 1.54) is 6.20 Å². The second kappa shape index (κ2) is 8.67. The van der Waals surface area contributed by atoms with E-state index in [-0.39, 0.29) is 5.56 Å². The van der Waals surface area contributed by atoms with E-state index in [9.17, 15) is 4.79 Å². The summed E-state index contributed by atoms with van der Waals surface area (Å²) >= 11 is 0. The molecule has 0 fully saturated rings. The van der Waals surface area contributed by atoms with Crippen LogP contribution >= 0.6 is 0 Å². The molecular weight excluding hydrogens is 444 g/mol. The van der Waals surface area contributed by atoms with Crippen LogP contribution in [0.3, 0.4) is 0 Å². The molecule has 3 aromatic heterocycles. The monoisotopic (exact) mass is 473 g/mol. The molecule has 3 N–H and O–H groups in total. The lowest BCUT2D eigenvalue weighted by atomic mass is 10.1. The van der Waals surface area contributed by atoms with Crippen molar-refractivity contribution in [3.63, 3.8) is 0 Å². The number of nitrogens with one attached hydrogen (secondary N) is 3. The SMILES string of the molecule is [2H]C([2H])([2H])NC(=O)c1cnc(Nc2cc(C)nc(C)n2)cc1Nc1cccc2c1N(C)Cc1nc(C)nn1-2. The predicted molar refractivity (Wildman–Crippen MR) is 134 cm³/mol. The van der Waals surface area contributed by atoms with E-state index in [1.807, 2.05) is 49.3 Å².